The SMILES string of the molecule is CC(C)(CN)CC(=O)c1ccc2nc[nH]c2c1. The van der Waals surface area contributed by atoms with E-state index in [1.165, 1.54) is 0 Å². The quantitative estimate of drug-likeness (QED) is 0.792. The van der Waals surface area contributed by atoms with Gasteiger partial charge in [0, 0.05) is 12.0 Å². The number of nitrogens with one attached hydrogen (secondary N) is 1. The zero-order chi connectivity index (χ0) is 12.5. The fraction of sp³-hybridized carbons (Fsp3) is 0.385. The number of H-pyrrole nitrogens is 1. The second-order valence-electron chi connectivity index (χ2n) is 5.10. The molecule has 1 heterocycles. The summed E-state index contributed by atoms with van der Waals surface area (Å²) in [7, 11) is 0. The first-order valence-corrected chi connectivity index (χ1v) is 5.68. The number of aromatic nitrogens is 2. The lowest BCUT2D eigenvalue weighted by atomic mass is 9.86. The van der Waals surface area contributed by atoms with Crippen LogP contribution in [0.25, 0.3) is 11.0 Å². The number of imidazole rings is 1. The van der Waals surface area contributed by atoms with Crippen LogP contribution in [0.4, 0.5) is 0 Å². The summed E-state index contributed by atoms with van der Waals surface area (Å²) in [5.74, 6) is 0.122. The summed E-state index contributed by atoms with van der Waals surface area (Å²) in [4.78, 5) is 19.2. The molecule has 4 nitrogen and oxygen atoms in total. The van der Waals surface area contributed by atoms with Crippen LogP contribution in [0.2, 0.25) is 0 Å². The zero-order valence-electron chi connectivity index (χ0n) is 10.2. The monoisotopic (exact) mass is 231 g/mol. The molecule has 0 atom stereocenters. The molecule has 17 heavy (non-hydrogen) atoms. The highest BCUT2D eigenvalue weighted by Gasteiger charge is 2.21. The maximum atomic E-state index is 12.1. The molecule has 1 aromatic heterocycles. The van der Waals surface area contributed by atoms with Crippen molar-refractivity contribution in [3.8, 4) is 0 Å². The van der Waals surface area contributed by atoms with Crippen LogP contribution < -0.4 is 5.73 Å². The fourth-order valence-electron chi connectivity index (χ4n) is 1.72. The van der Waals surface area contributed by atoms with Gasteiger partial charge in [0.1, 0.15) is 0 Å². The standard InChI is InChI=1S/C13H17N3O/c1-13(2,7-14)6-12(17)9-3-4-10-11(5-9)16-8-15-10/h3-5,8H,6-7,14H2,1-2H3,(H,15,16). The molecule has 2 aromatic rings. The van der Waals surface area contributed by atoms with Gasteiger partial charge in [-0.1, -0.05) is 13.8 Å². The number of aromatic amines is 1. The number of nitrogens with two attached hydrogens (primary N) is 1. The number of carbonyl (C=O) groups is 1. The highest BCUT2D eigenvalue weighted by Crippen LogP contribution is 2.22. The molecule has 90 valence electrons. The molecule has 0 amide bonds. The minimum absolute atomic E-state index is 0.122. The summed E-state index contributed by atoms with van der Waals surface area (Å²) < 4.78 is 0. The van der Waals surface area contributed by atoms with Gasteiger partial charge in [-0.15, -0.1) is 0 Å². The van der Waals surface area contributed by atoms with Gasteiger partial charge in [0.15, 0.2) is 5.78 Å². The molecule has 0 fully saturated rings. The fourth-order valence-corrected chi connectivity index (χ4v) is 1.72. The average molecular weight is 231 g/mol. The van der Waals surface area contributed by atoms with Crippen molar-refractivity contribution in [3.63, 3.8) is 0 Å². The lowest BCUT2D eigenvalue weighted by Crippen LogP contribution is -2.26. The molecular formula is C13H17N3O. The third-order valence-electron chi connectivity index (χ3n) is 2.93. The minimum atomic E-state index is -0.153. The highest BCUT2D eigenvalue weighted by molar-refractivity contribution is 5.99. The van der Waals surface area contributed by atoms with E-state index in [1.54, 1.807) is 6.33 Å². The van der Waals surface area contributed by atoms with E-state index >= 15 is 0 Å². The van der Waals surface area contributed by atoms with Crippen molar-refractivity contribution < 1.29 is 4.79 Å². The first-order chi connectivity index (χ1) is 8.02. The summed E-state index contributed by atoms with van der Waals surface area (Å²) in [5.41, 5.74) is 7.96. The van der Waals surface area contributed by atoms with E-state index < -0.39 is 0 Å². The first kappa shape index (κ1) is 11.8. The van der Waals surface area contributed by atoms with Gasteiger partial charge >= 0.3 is 0 Å². The second kappa shape index (κ2) is 4.30. The first-order valence-electron chi connectivity index (χ1n) is 5.68. The Hall–Kier alpha value is -1.68. The van der Waals surface area contributed by atoms with Crippen LogP contribution in [-0.4, -0.2) is 22.3 Å². The Labute approximate surface area is 100 Å². The van der Waals surface area contributed by atoms with Crippen molar-refractivity contribution >= 4 is 16.8 Å². The molecule has 2 rings (SSSR count). The molecule has 1 aromatic carbocycles. The number of nitrogens with zero attached hydrogens (tertiary/aromatic N) is 1. The molecule has 3 N–H and O–H groups in total. The maximum Gasteiger partial charge on any atom is 0.163 e. The largest absolute Gasteiger partial charge is 0.345 e. The highest BCUT2D eigenvalue weighted by atomic mass is 16.1. The van der Waals surface area contributed by atoms with Gasteiger partial charge in [-0.25, -0.2) is 4.98 Å². The summed E-state index contributed by atoms with van der Waals surface area (Å²) in [6.07, 6.45) is 2.09. The topological polar surface area (TPSA) is 71.8 Å². The van der Waals surface area contributed by atoms with Crippen molar-refractivity contribution in [2.45, 2.75) is 20.3 Å². The number of hydrogen-bond acceptors (Lipinski definition) is 3. The molecule has 0 saturated heterocycles. The van der Waals surface area contributed by atoms with Gasteiger partial charge in [-0.2, -0.15) is 0 Å². The van der Waals surface area contributed by atoms with Crippen molar-refractivity contribution in [2.75, 3.05) is 6.54 Å². The van der Waals surface area contributed by atoms with Crippen molar-refractivity contribution in [2.24, 2.45) is 11.1 Å². The predicted octanol–water partition coefficient (Wildman–Crippen LogP) is 2.12. The van der Waals surface area contributed by atoms with Crippen molar-refractivity contribution in [3.05, 3.63) is 30.1 Å². The molecule has 0 aliphatic rings. The Morgan fingerprint density at radius 3 is 2.94 bits per heavy atom. The van der Waals surface area contributed by atoms with E-state index in [0.29, 0.717) is 18.5 Å². The Morgan fingerprint density at radius 1 is 1.47 bits per heavy atom. The lowest BCUT2D eigenvalue weighted by molar-refractivity contribution is 0.0935. The summed E-state index contributed by atoms with van der Waals surface area (Å²) in [5, 5.41) is 0. The van der Waals surface area contributed by atoms with Crippen LogP contribution in [0.15, 0.2) is 24.5 Å². The minimum Gasteiger partial charge on any atom is -0.345 e. The molecule has 0 radical (unpaired) electrons. The molecule has 0 saturated carbocycles. The van der Waals surface area contributed by atoms with Gasteiger partial charge < -0.3 is 10.7 Å². The molecular weight excluding hydrogens is 214 g/mol. The molecule has 0 spiro atoms. The molecule has 4 heteroatoms. The third kappa shape index (κ3) is 2.53. The van der Waals surface area contributed by atoms with Gasteiger partial charge in [0.2, 0.25) is 0 Å². The van der Waals surface area contributed by atoms with E-state index in [-0.39, 0.29) is 11.2 Å². The Kier molecular flexibility index (Phi) is 2.98. The number of Topliss-reactive ketones (excluding diaryl/α,β-unsaturated/α-hetero) is 1. The van der Waals surface area contributed by atoms with E-state index in [0.717, 1.165) is 11.0 Å². The maximum absolute atomic E-state index is 12.1. The van der Waals surface area contributed by atoms with Crippen LogP contribution >= 0.6 is 0 Å². The van der Waals surface area contributed by atoms with Crippen LogP contribution in [-0.2, 0) is 0 Å². The van der Waals surface area contributed by atoms with Gasteiger partial charge in [-0.3, -0.25) is 4.79 Å². The Bertz CT molecular complexity index is 542. The van der Waals surface area contributed by atoms with E-state index in [4.69, 9.17) is 5.73 Å². The summed E-state index contributed by atoms with van der Waals surface area (Å²) >= 11 is 0. The number of carbonyl (C=O) groups excluding carboxylic acids is 1. The zero-order valence-corrected chi connectivity index (χ0v) is 10.2. The molecule has 0 aliphatic heterocycles. The van der Waals surface area contributed by atoms with Crippen LogP contribution in [0.1, 0.15) is 30.6 Å². The van der Waals surface area contributed by atoms with Gasteiger partial charge in [-0.05, 0) is 30.2 Å². The summed E-state index contributed by atoms with van der Waals surface area (Å²) in [6, 6.07) is 5.52. The summed E-state index contributed by atoms with van der Waals surface area (Å²) in [6.45, 7) is 4.50. The number of rotatable bonds is 4. The van der Waals surface area contributed by atoms with Crippen molar-refractivity contribution in [1.82, 2.24) is 9.97 Å². The third-order valence-corrected chi connectivity index (χ3v) is 2.93. The Balaban J connectivity index is 2.24. The smallest absolute Gasteiger partial charge is 0.163 e. The van der Waals surface area contributed by atoms with E-state index in [1.807, 2.05) is 32.0 Å². The van der Waals surface area contributed by atoms with Crippen LogP contribution in [0.5, 0.6) is 0 Å². The molecule has 0 unspecified atom stereocenters. The normalized spacial score (nSPS) is 11.9. The van der Waals surface area contributed by atoms with E-state index in [9.17, 15) is 4.79 Å². The number of ketones is 1. The molecule has 0 bridgehead atoms. The van der Waals surface area contributed by atoms with Gasteiger partial charge in [0.05, 0.1) is 17.4 Å². The van der Waals surface area contributed by atoms with Crippen LogP contribution in [0, 0.1) is 5.41 Å². The van der Waals surface area contributed by atoms with E-state index in [2.05, 4.69) is 9.97 Å². The number of fused-ring (bicyclic) bond motifs is 1. The average Bonchev–Trinajstić information content (AvgIpc) is 2.75. The predicted molar refractivity (Wildman–Crippen MR) is 67.9 cm³/mol. The second-order valence-corrected chi connectivity index (χ2v) is 5.10. The Morgan fingerprint density at radius 2 is 2.24 bits per heavy atom. The lowest BCUT2D eigenvalue weighted by Gasteiger charge is -2.20. The van der Waals surface area contributed by atoms with Crippen molar-refractivity contribution in [1.29, 1.82) is 0 Å². The van der Waals surface area contributed by atoms with Gasteiger partial charge in [0.25, 0.3) is 0 Å². The molecule has 0 aliphatic carbocycles. The van der Waals surface area contributed by atoms with Crippen LogP contribution in [0.3, 0.4) is 0 Å². The number of benzene rings is 1. The number of hydrogen-bond donors (Lipinski definition) is 2.